The zero-order chi connectivity index (χ0) is 13.2. The third-order valence-corrected chi connectivity index (χ3v) is 3.10. The van der Waals surface area contributed by atoms with Crippen LogP contribution in [0.3, 0.4) is 0 Å². The summed E-state index contributed by atoms with van der Waals surface area (Å²) in [6.45, 7) is 0.473. The van der Waals surface area contributed by atoms with Gasteiger partial charge in [0, 0.05) is 17.7 Å². The van der Waals surface area contributed by atoms with E-state index in [-0.39, 0.29) is 11.8 Å². The van der Waals surface area contributed by atoms with Crippen LogP contribution in [0.4, 0.5) is 0 Å². The van der Waals surface area contributed by atoms with E-state index < -0.39 is 0 Å². The SMILES string of the molecule is O=C(c1ccccc1)N1NCc2ccccc2C1=O. The first kappa shape index (κ1) is 11.6. The molecule has 2 aromatic rings. The van der Waals surface area contributed by atoms with Crippen LogP contribution < -0.4 is 5.43 Å². The van der Waals surface area contributed by atoms with Crippen LogP contribution in [-0.4, -0.2) is 16.8 Å². The highest BCUT2D eigenvalue weighted by Gasteiger charge is 2.29. The Hall–Kier alpha value is -2.46. The number of nitrogens with zero attached hydrogens (tertiary/aromatic N) is 1. The molecule has 0 saturated carbocycles. The van der Waals surface area contributed by atoms with E-state index in [1.807, 2.05) is 18.2 Å². The fourth-order valence-electron chi connectivity index (χ4n) is 2.11. The molecule has 0 radical (unpaired) electrons. The Morgan fingerprint density at radius 3 is 2.47 bits per heavy atom. The average molecular weight is 252 g/mol. The topological polar surface area (TPSA) is 49.4 Å². The van der Waals surface area contributed by atoms with Gasteiger partial charge in [-0.1, -0.05) is 36.4 Å². The predicted molar refractivity (Wildman–Crippen MR) is 70.2 cm³/mol. The number of fused-ring (bicyclic) bond motifs is 1. The highest BCUT2D eigenvalue weighted by molar-refractivity contribution is 6.10. The van der Waals surface area contributed by atoms with E-state index in [2.05, 4.69) is 5.43 Å². The lowest BCUT2D eigenvalue weighted by molar-refractivity contribution is 0.0501. The van der Waals surface area contributed by atoms with E-state index in [0.717, 1.165) is 10.6 Å². The molecule has 0 aromatic heterocycles. The van der Waals surface area contributed by atoms with Gasteiger partial charge in [-0.2, -0.15) is 0 Å². The zero-order valence-corrected chi connectivity index (χ0v) is 10.2. The van der Waals surface area contributed by atoms with E-state index in [4.69, 9.17) is 0 Å². The first-order chi connectivity index (χ1) is 9.27. The molecule has 2 amide bonds. The molecule has 0 spiro atoms. The van der Waals surface area contributed by atoms with Gasteiger partial charge in [0.1, 0.15) is 0 Å². The molecule has 0 bridgehead atoms. The van der Waals surface area contributed by atoms with Crippen molar-refractivity contribution >= 4 is 11.8 Å². The molecule has 3 rings (SSSR count). The first-order valence-corrected chi connectivity index (χ1v) is 6.02. The third kappa shape index (κ3) is 2.02. The summed E-state index contributed by atoms with van der Waals surface area (Å²) in [4.78, 5) is 24.5. The Balaban J connectivity index is 1.93. The van der Waals surface area contributed by atoms with E-state index in [1.165, 1.54) is 0 Å². The van der Waals surface area contributed by atoms with Gasteiger partial charge in [0.25, 0.3) is 11.8 Å². The van der Waals surface area contributed by atoms with Crippen molar-refractivity contribution in [1.82, 2.24) is 10.4 Å². The van der Waals surface area contributed by atoms with Gasteiger partial charge < -0.3 is 0 Å². The minimum absolute atomic E-state index is 0.310. The van der Waals surface area contributed by atoms with Gasteiger partial charge in [0.05, 0.1) is 0 Å². The smallest absolute Gasteiger partial charge is 0.267 e. The molecule has 1 aliphatic rings. The number of nitrogens with one attached hydrogen (secondary N) is 1. The maximum absolute atomic E-state index is 12.3. The summed E-state index contributed by atoms with van der Waals surface area (Å²) < 4.78 is 0. The Bertz CT molecular complexity index is 638. The van der Waals surface area contributed by atoms with Crippen molar-refractivity contribution in [3.05, 3.63) is 71.3 Å². The molecule has 4 nitrogen and oxygen atoms in total. The summed E-state index contributed by atoms with van der Waals surface area (Å²) in [7, 11) is 0. The van der Waals surface area contributed by atoms with Gasteiger partial charge in [-0.15, -0.1) is 0 Å². The Morgan fingerprint density at radius 1 is 1.00 bits per heavy atom. The number of amides is 2. The molecule has 1 N–H and O–H groups in total. The minimum Gasteiger partial charge on any atom is -0.267 e. The van der Waals surface area contributed by atoms with E-state index in [9.17, 15) is 9.59 Å². The van der Waals surface area contributed by atoms with Gasteiger partial charge in [-0.3, -0.25) is 9.59 Å². The number of carbonyl (C=O) groups excluding carboxylic acids is 2. The molecular weight excluding hydrogens is 240 g/mol. The van der Waals surface area contributed by atoms with Crippen LogP contribution in [0, 0.1) is 0 Å². The van der Waals surface area contributed by atoms with Crippen molar-refractivity contribution in [2.75, 3.05) is 0 Å². The maximum atomic E-state index is 12.3. The molecule has 0 atom stereocenters. The molecule has 4 heteroatoms. The molecule has 1 heterocycles. The fraction of sp³-hybridized carbons (Fsp3) is 0.0667. The normalized spacial score (nSPS) is 14.1. The number of hydrazine groups is 1. The average Bonchev–Trinajstić information content (AvgIpc) is 2.48. The van der Waals surface area contributed by atoms with Crippen LogP contribution in [0.2, 0.25) is 0 Å². The number of hydrogen-bond acceptors (Lipinski definition) is 3. The summed E-state index contributed by atoms with van der Waals surface area (Å²) in [5, 5.41) is 1.08. The number of carbonyl (C=O) groups is 2. The number of benzene rings is 2. The Labute approximate surface area is 110 Å². The lowest BCUT2D eigenvalue weighted by atomic mass is 10.0. The third-order valence-electron chi connectivity index (χ3n) is 3.10. The standard InChI is InChI=1S/C15H12N2O2/c18-14(11-6-2-1-3-7-11)17-15(19)13-9-5-4-8-12(13)10-16-17/h1-9,16H,10H2. The molecule has 0 aliphatic carbocycles. The van der Waals surface area contributed by atoms with Crippen LogP contribution in [0.1, 0.15) is 26.3 Å². The van der Waals surface area contributed by atoms with Crippen LogP contribution >= 0.6 is 0 Å². The summed E-state index contributed by atoms with van der Waals surface area (Å²) in [6.07, 6.45) is 0. The Morgan fingerprint density at radius 2 is 1.68 bits per heavy atom. The number of imide groups is 1. The van der Waals surface area contributed by atoms with Crippen LogP contribution in [-0.2, 0) is 6.54 Å². The van der Waals surface area contributed by atoms with Crippen molar-refractivity contribution in [2.45, 2.75) is 6.54 Å². The second kappa shape index (κ2) is 4.66. The minimum atomic E-state index is -0.333. The van der Waals surface area contributed by atoms with Crippen molar-refractivity contribution in [3.8, 4) is 0 Å². The van der Waals surface area contributed by atoms with Gasteiger partial charge in [-0.05, 0) is 23.8 Å². The van der Waals surface area contributed by atoms with E-state index >= 15 is 0 Å². The van der Waals surface area contributed by atoms with Crippen molar-refractivity contribution < 1.29 is 9.59 Å². The molecule has 19 heavy (non-hydrogen) atoms. The summed E-state index contributed by atoms with van der Waals surface area (Å²) in [5.41, 5.74) is 4.83. The first-order valence-electron chi connectivity index (χ1n) is 6.02. The summed E-state index contributed by atoms with van der Waals surface area (Å²) in [5.74, 6) is -0.643. The number of rotatable bonds is 1. The highest BCUT2D eigenvalue weighted by atomic mass is 16.2. The van der Waals surface area contributed by atoms with Gasteiger partial charge in [0.2, 0.25) is 0 Å². The molecular formula is C15H12N2O2. The van der Waals surface area contributed by atoms with Crippen molar-refractivity contribution in [1.29, 1.82) is 0 Å². The number of hydrogen-bond donors (Lipinski definition) is 1. The molecule has 94 valence electrons. The van der Waals surface area contributed by atoms with E-state index in [0.29, 0.717) is 17.7 Å². The largest absolute Gasteiger partial charge is 0.275 e. The molecule has 0 fully saturated rings. The maximum Gasteiger partial charge on any atom is 0.275 e. The molecule has 2 aromatic carbocycles. The monoisotopic (exact) mass is 252 g/mol. The highest BCUT2D eigenvalue weighted by Crippen LogP contribution is 2.17. The van der Waals surface area contributed by atoms with Crippen LogP contribution in [0.15, 0.2) is 54.6 Å². The second-order valence-electron chi connectivity index (χ2n) is 4.30. The summed E-state index contributed by atoms with van der Waals surface area (Å²) in [6, 6.07) is 16.1. The van der Waals surface area contributed by atoms with Crippen molar-refractivity contribution in [3.63, 3.8) is 0 Å². The van der Waals surface area contributed by atoms with Crippen molar-refractivity contribution in [2.24, 2.45) is 0 Å². The van der Waals surface area contributed by atoms with Crippen LogP contribution in [0.25, 0.3) is 0 Å². The van der Waals surface area contributed by atoms with Gasteiger partial charge in [-0.25, -0.2) is 10.4 Å². The zero-order valence-electron chi connectivity index (χ0n) is 10.2. The van der Waals surface area contributed by atoms with E-state index in [1.54, 1.807) is 36.4 Å². The quantitative estimate of drug-likeness (QED) is 0.790. The lowest BCUT2D eigenvalue weighted by Crippen LogP contribution is -2.50. The summed E-state index contributed by atoms with van der Waals surface area (Å²) >= 11 is 0. The fourth-order valence-corrected chi connectivity index (χ4v) is 2.11. The van der Waals surface area contributed by atoms with Gasteiger partial charge in [0.15, 0.2) is 0 Å². The molecule has 0 unspecified atom stereocenters. The molecule has 1 aliphatic heterocycles. The predicted octanol–water partition coefficient (Wildman–Crippen LogP) is 1.99. The van der Waals surface area contributed by atoms with Crippen LogP contribution in [0.5, 0.6) is 0 Å². The van der Waals surface area contributed by atoms with Gasteiger partial charge >= 0.3 is 0 Å². The Kier molecular flexibility index (Phi) is 2.85. The second-order valence-corrected chi connectivity index (χ2v) is 4.30. The molecule has 0 saturated heterocycles. The lowest BCUT2D eigenvalue weighted by Gasteiger charge is -2.27.